The molecule has 90 valence electrons. The zero-order valence-corrected chi connectivity index (χ0v) is 9.91. The topological polar surface area (TPSA) is 73.7 Å². The van der Waals surface area contributed by atoms with Gasteiger partial charge in [-0.15, -0.1) is 0 Å². The van der Waals surface area contributed by atoms with Gasteiger partial charge in [-0.05, 0) is 24.2 Å². The summed E-state index contributed by atoms with van der Waals surface area (Å²) in [6.07, 6.45) is 1.58. The number of carboxylic acid groups (broad SMARTS) is 1. The average Bonchev–Trinajstić information content (AvgIpc) is 2.30. The minimum atomic E-state index is -1.12. The molecule has 5 nitrogen and oxygen atoms in total. The summed E-state index contributed by atoms with van der Waals surface area (Å²) < 4.78 is 0. The van der Waals surface area contributed by atoms with Crippen LogP contribution in [0.3, 0.4) is 0 Å². The minimum absolute atomic E-state index is 0.304. The summed E-state index contributed by atoms with van der Waals surface area (Å²) in [5.41, 5.74) is 3.61. The molecule has 0 saturated carbocycles. The Bertz CT molecular complexity index is 406. The van der Waals surface area contributed by atoms with Crippen LogP contribution in [0.15, 0.2) is 35.4 Å². The number of rotatable bonds is 5. The lowest BCUT2D eigenvalue weighted by Crippen LogP contribution is -2.33. The molecule has 1 rings (SSSR count). The molecule has 0 bridgehead atoms. The van der Waals surface area contributed by atoms with Crippen LogP contribution in [0.2, 0.25) is 0 Å². The average molecular weight is 251 g/mol. The Balaban J connectivity index is 2.18. The van der Waals surface area contributed by atoms with Crippen molar-refractivity contribution in [2.45, 2.75) is 6.42 Å². The van der Waals surface area contributed by atoms with Crippen molar-refractivity contribution >= 4 is 29.5 Å². The zero-order valence-electron chi connectivity index (χ0n) is 9.09. The maximum Gasteiger partial charge on any atom is 0.348 e. The van der Waals surface area contributed by atoms with E-state index in [0.29, 0.717) is 11.7 Å². The fraction of sp³-hybridized carbons (Fsp3) is 0.182. The lowest BCUT2D eigenvalue weighted by molar-refractivity contribution is -0.128. The van der Waals surface area contributed by atoms with Crippen molar-refractivity contribution in [3.63, 3.8) is 0 Å². The van der Waals surface area contributed by atoms with Crippen molar-refractivity contribution in [1.29, 1.82) is 0 Å². The maximum absolute atomic E-state index is 10.1. The number of thiocarbonyl (C=S) groups is 1. The summed E-state index contributed by atoms with van der Waals surface area (Å²) in [6, 6.07) is 9.97. The number of hydrogen-bond donors (Lipinski definition) is 3. The summed E-state index contributed by atoms with van der Waals surface area (Å²) in [7, 11) is 0. The van der Waals surface area contributed by atoms with Gasteiger partial charge in [-0.1, -0.05) is 30.3 Å². The summed E-state index contributed by atoms with van der Waals surface area (Å²) >= 11 is 4.89. The molecule has 0 saturated heterocycles. The molecule has 0 heterocycles. The van der Waals surface area contributed by atoms with Gasteiger partial charge in [-0.25, -0.2) is 4.79 Å². The fourth-order valence-corrected chi connectivity index (χ4v) is 1.31. The summed E-state index contributed by atoms with van der Waals surface area (Å²) in [5.74, 6) is -1.12. The molecule has 0 spiro atoms. The second-order valence-electron chi connectivity index (χ2n) is 3.20. The van der Waals surface area contributed by atoms with E-state index in [9.17, 15) is 4.79 Å². The van der Waals surface area contributed by atoms with E-state index >= 15 is 0 Å². The second-order valence-corrected chi connectivity index (χ2v) is 3.61. The molecular formula is C11H13N3O2S. The zero-order chi connectivity index (χ0) is 12.5. The highest BCUT2D eigenvalue weighted by molar-refractivity contribution is 7.80. The first-order chi connectivity index (χ1) is 8.18. The van der Waals surface area contributed by atoms with Gasteiger partial charge in [0.15, 0.2) is 5.11 Å². The van der Waals surface area contributed by atoms with E-state index in [0.717, 1.165) is 12.6 Å². The Kier molecular flexibility index (Phi) is 5.67. The molecule has 0 aliphatic carbocycles. The standard InChI is InChI=1S/C11H13N3O2S/c15-10(16)8-13-14-11(17)12-7-6-9-4-2-1-3-5-9/h1-5,8H,6-7H2,(H,15,16)(H2,12,14,17). The first-order valence-corrected chi connectivity index (χ1v) is 5.43. The molecular weight excluding hydrogens is 238 g/mol. The van der Waals surface area contributed by atoms with Gasteiger partial charge in [0.1, 0.15) is 6.21 Å². The van der Waals surface area contributed by atoms with Gasteiger partial charge in [0, 0.05) is 6.54 Å². The van der Waals surface area contributed by atoms with Crippen molar-refractivity contribution in [2.24, 2.45) is 5.10 Å². The first-order valence-electron chi connectivity index (χ1n) is 5.02. The third-order valence-corrected chi connectivity index (χ3v) is 2.12. The van der Waals surface area contributed by atoms with E-state index in [2.05, 4.69) is 15.8 Å². The highest BCUT2D eigenvalue weighted by atomic mass is 32.1. The predicted octanol–water partition coefficient (Wildman–Crippen LogP) is 0.764. The van der Waals surface area contributed by atoms with Crippen molar-refractivity contribution in [2.75, 3.05) is 6.54 Å². The van der Waals surface area contributed by atoms with E-state index in [1.165, 1.54) is 5.56 Å². The number of carbonyl (C=O) groups is 1. The largest absolute Gasteiger partial charge is 0.477 e. The van der Waals surface area contributed by atoms with Crippen molar-refractivity contribution in [3.05, 3.63) is 35.9 Å². The monoisotopic (exact) mass is 251 g/mol. The van der Waals surface area contributed by atoms with E-state index in [1.807, 2.05) is 30.3 Å². The smallest absolute Gasteiger partial charge is 0.348 e. The van der Waals surface area contributed by atoms with Gasteiger partial charge in [0.05, 0.1) is 0 Å². The second kappa shape index (κ2) is 7.34. The normalized spacial score (nSPS) is 10.1. The first kappa shape index (κ1) is 13.1. The lowest BCUT2D eigenvalue weighted by atomic mass is 10.1. The molecule has 0 fully saturated rings. The van der Waals surface area contributed by atoms with Crippen LogP contribution < -0.4 is 10.7 Å². The number of nitrogens with one attached hydrogen (secondary N) is 2. The van der Waals surface area contributed by atoms with Crippen LogP contribution in [0.5, 0.6) is 0 Å². The van der Waals surface area contributed by atoms with Crippen LogP contribution >= 0.6 is 12.2 Å². The van der Waals surface area contributed by atoms with E-state index in [-0.39, 0.29) is 0 Å². The van der Waals surface area contributed by atoms with Crippen LogP contribution in [-0.2, 0) is 11.2 Å². The van der Waals surface area contributed by atoms with Crippen LogP contribution in [0.1, 0.15) is 5.56 Å². The third kappa shape index (κ3) is 6.26. The summed E-state index contributed by atoms with van der Waals surface area (Å²) in [5, 5.41) is 14.9. The quantitative estimate of drug-likeness (QED) is 0.409. The molecule has 1 aromatic carbocycles. The van der Waals surface area contributed by atoms with Gasteiger partial charge in [0.2, 0.25) is 0 Å². The number of hydrogen-bond acceptors (Lipinski definition) is 3. The molecule has 0 radical (unpaired) electrons. The molecule has 0 aromatic heterocycles. The molecule has 0 aliphatic heterocycles. The predicted molar refractivity (Wildman–Crippen MR) is 70.0 cm³/mol. The van der Waals surface area contributed by atoms with Gasteiger partial charge >= 0.3 is 5.97 Å². The Morgan fingerprint density at radius 1 is 1.41 bits per heavy atom. The van der Waals surface area contributed by atoms with E-state index < -0.39 is 5.97 Å². The molecule has 0 atom stereocenters. The number of nitrogens with zero attached hydrogens (tertiary/aromatic N) is 1. The van der Waals surface area contributed by atoms with Gasteiger partial charge in [0.25, 0.3) is 0 Å². The molecule has 0 unspecified atom stereocenters. The van der Waals surface area contributed by atoms with Crippen LogP contribution in [-0.4, -0.2) is 28.9 Å². The van der Waals surface area contributed by atoms with Crippen molar-refractivity contribution in [1.82, 2.24) is 10.7 Å². The van der Waals surface area contributed by atoms with E-state index in [1.54, 1.807) is 0 Å². The molecule has 6 heteroatoms. The molecule has 0 aliphatic rings. The molecule has 0 amide bonds. The Morgan fingerprint density at radius 2 is 2.12 bits per heavy atom. The van der Waals surface area contributed by atoms with Crippen molar-refractivity contribution < 1.29 is 9.90 Å². The number of carboxylic acids is 1. The van der Waals surface area contributed by atoms with Crippen LogP contribution in [0.4, 0.5) is 0 Å². The van der Waals surface area contributed by atoms with Crippen LogP contribution in [0, 0.1) is 0 Å². The van der Waals surface area contributed by atoms with E-state index in [4.69, 9.17) is 17.3 Å². The minimum Gasteiger partial charge on any atom is -0.477 e. The maximum atomic E-state index is 10.1. The Labute approximate surface area is 105 Å². The highest BCUT2D eigenvalue weighted by Crippen LogP contribution is 1.97. The third-order valence-electron chi connectivity index (χ3n) is 1.88. The lowest BCUT2D eigenvalue weighted by Gasteiger charge is -2.06. The molecule has 1 aromatic rings. The van der Waals surface area contributed by atoms with Gasteiger partial charge < -0.3 is 10.4 Å². The molecule has 17 heavy (non-hydrogen) atoms. The van der Waals surface area contributed by atoms with Crippen molar-refractivity contribution in [3.8, 4) is 0 Å². The van der Waals surface area contributed by atoms with Gasteiger partial charge in [-0.2, -0.15) is 5.10 Å². The fourth-order valence-electron chi connectivity index (χ4n) is 1.15. The Hall–Kier alpha value is -1.95. The SMILES string of the molecule is O=C(O)C=NNC(=S)NCCc1ccccc1. The van der Waals surface area contributed by atoms with Crippen LogP contribution in [0.25, 0.3) is 0 Å². The number of aliphatic carboxylic acids is 1. The number of benzene rings is 1. The highest BCUT2D eigenvalue weighted by Gasteiger charge is 1.94. The van der Waals surface area contributed by atoms with Gasteiger partial charge in [-0.3, -0.25) is 5.43 Å². The Morgan fingerprint density at radius 3 is 2.76 bits per heavy atom. The molecule has 3 N–H and O–H groups in total. The summed E-state index contributed by atoms with van der Waals surface area (Å²) in [4.78, 5) is 10.1. The summed E-state index contributed by atoms with van der Waals surface area (Å²) in [6.45, 7) is 0.665. The number of hydrazone groups is 1.